The third-order valence-corrected chi connectivity index (χ3v) is 6.30. The van der Waals surface area contributed by atoms with Crippen LogP contribution in [0.2, 0.25) is 0 Å². The van der Waals surface area contributed by atoms with E-state index in [1.54, 1.807) is 0 Å². The van der Waals surface area contributed by atoms with E-state index < -0.39 is 0 Å². The first-order valence-electron chi connectivity index (χ1n) is 12.7. The molecular weight excluding hydrogens is 362 g/mol. The molecule has 0 heterocycles. The lowest BCUT2D eigenvalue weighted by Gasteiger charge is -2.17. The summed E-state index contributed by atoms with van der Waals surface area (Å²) in [4.78, 5) is 0. The number of benzene rings is 2. The minimum absolute atomic E-state index is 0.758. The maximum Gasteiger partial charge on any atom is -0.00773 e. The lowest BCUT2D eigenvalue weighted by atomic mass is 9.88. The van der Waals surface area contributed by atoms with Crippen LogP contribution in [0, 0.1) is 5.92 Å². The fraction of sp³-hybridized carbons (Fsp3) is 0.586. The average molecular weight is 408 g/mol. The highest BCUT2D eigenvalue weighted by molar-refractivity contribution is 5.18. The van der Waals surface area contributed by atoms with Crippen molar-refractivity contribution in [3.8, 4) is 0 Å². The van der Waals surface area contributed by atoms with Crippen molar-refractivity contribution in [3.63, 3.8) is 0 Å². The van der Waals surface area contributed by atoms with Crippen LogP contribution < -0.4 is 5.73 Å². The van der Waals surface area contributed by atoms with Gasteiger partial charge in [0.25, 0.3) is 0 Å². The molecule has 0 unspecified atom stereocenters. The zero-order chi connectivity index (χ0) is 21.1. The summed E-state index contributed by atoms with van der Waals surface area (Å²) in [5.74, 6) is 0.758. The predicted molar refractivity (Wildman–Crippen MR) is 133 cm³/mol. The third-order valence-electron chi connectivity index (χ3n) is 6.30. The molecule has 2 aromatic rings. The average Bonchev–Trinajstić information content (AvgIpc) is 2.78. The summed E-state index contributed by atoms with van der Waals surface area (Å²) in [7, 11) is 0. The van der Waals surface area contributed by atoms with Crippen LogP contribution in [0.25, 0.3) is 0 Å². The topological polar surface area (TPSA) is 26.0 Å². The molecule has 0 amide bonds. The van der Waals surface area contributed by atoms with E-state index in [9.17, 15) is 0 Å². The van der Waals surface area contributed by atoms with Gasteiger partial charge in [-0.3, -0.25) is 0 Å². The van der Waals surface area contributed by atoms with E-state index in [1.807, 2.05) is 0 Å². The molecule has 1 nitrogen and oxygen atoms in total. The molecule has 1 heteroatoms. The number of unbranched alkanes of at least 4 members (excludes halogenated alkanes) is 11. The minimum Gasteiger partial charge on any atom is -0.330 e. The lowest BCUT2D eigenvalue weighted by molar-refractivity contribution is 0.444. The SMILES string of the molecule is NCCCCCCCCCCCCCCC(Cc1ccccc1)Cc1ccccc1. The zero-order valence-corrected chi connectivity index (χ0v) is 19.2. The number of rotatable bonds is 18. The lowest BCUT2D eigenvalue weighted by Crippen LogP contribution is -2.08. The van der Waals surface area contributed by atoms with Gasteiger partial charge in [-0.1, -0.05) is 131 Å². The first kappa shape index (κ1) is 24.7. The van der Waals surface area contributed by atoms with Gasteiger partial charge in [0.1, 0.15) is 0 Å². The molecule has 0 saturated heterocycles. The Bertz CT molecular complexity index is 565. The second kappa shape index (κ2) is 17.1. The van der Waals surface area contributed by atoms with Gasteiger partial charge in [0.05, 0.1) is 0 Å². The van der Waals surface area contributed by atoms with Gasteiger partial charge in [-0.25, -0.2) is 0 Å². The van der Waals surface area contributed by atoms with Crippen LogP contribution in [0.3, 0.4) is 0 Å². The maximum atomic E-state index is 5.54. The monoisotopic (exact) mass is 407 g/mol. The second-order valence-corrected chi connectivity index (χ2v) is 9.07. The molecule has 0 radical (unpaired) electrons. The van der Waals surface area contributed by atoms with E-state index in [0.717, 1.165) is 12.5 Å². The molecule has 0 bridgehead atoms. The van der Waals surface area contributed by atoms with Gasteiger partial charge in [0.15, 0.2) is 0 Å². The van der Waals surface area contributed by atoms with Crippen LogP contribution in [-0.2, 0) is 12.8 Å². The molecule has 0 aliphatic heterocycles. The van der Waals surface area contributed by atoms with Crippen LogP contribution >= 0.6 is 0 Å². The van der Waals surface area contributed by atoms with Gasteiger partial charge in [0.2, 0.25) is 0 Å². The molecule has 0 aliphatic carbocycles. The van der Waals surface area contributed by atoms with Crippen LogP contribution in [0.1, 0.15) is 94.6 Å². The fourth-order valence-corrected chi connectivity index (χ4v) is 4.52. The summed E-state index contributed by atoms with van der Waals surface area (Å²) in [6, 6.07) is 22.1. The zero-order valence-electron chi connectivity index (χ0n) is 19.2. The molecule has 0 atom stereocenters. The van der Waals surface area contributed by atoms with Crippen molar-refractivity contribution in [1.82, 2.24) is 0 Å². The molecular formula is C29H45N. The molecule has 2 N–H and O–H groups in total. The Hall–Kier alpha value is -1.60. The Labute approximate surface area is 186 Å². The summed E-state index contributed by atoms with van der Waals surface area (Å²) in [6.07, 6.45) is 20.4. The van der Waals surface area contributed by atoms with Crippen LogP contribution in [-0.4, -0.2) is 6.54 Å². The van der Waals surface area contributed by atoms with Gasteiger partial charge >= 0.3 is 0 Å². The van der Waals surface area contributed by atoms with Crippen LogP contribution in [0.15, 0.2) is 60.7 Å². The Morgan fingerprint density at radius 3 is 1.23 bits per heavy atom. The number of nitrogens with two attached hydrogens (primary N) is 1. The number of hydrogen-bond donors (Lipinski definition) is 1. The van der Waals surface area contributed by atoms with Gasteiger partial charge < -0.3 is 5.73 Å². The Balaban J connectivity index is 1.55. The molecule has 0 fully saturated rings. The second-order valence-electron chi connectivity index (χ2n) is 9.07. The third kappa shape index (κ3) is 12.2. The normalized spacial score (nSPS) is 11.3. The molecule has 166 valence electrons. The highest BCUT2D eigenvalue weighted by Gasteiger charge is 2.11. The number of hydrogen-bond acceptors (Lipinski definition) is 1. The highest BCUT2D eigenvalue weighted by Crippen LogP contribution is 2.21. The molecule has 0 aliphatic rings. The molecule has 0 saturated carbocycles. The van der Waals surface area contributed by atoms with E-state index in [1.165, 1.54) is 107 Å². The highest BCUT2D eigenvalue weighted by atomic mass is 14.5. The van der Waals surface area contributed by atoms with Crippen LogP contribution in [0.5, 0.6) is 0 Å². The van der Waals surface area contributed by atoms with Crippen molar-refractivity contribution < 1.29 is 0 Å². The Morgan fingerprint density at radius 2 is 0.833 bits per heavy atom. The van der Waals surface area contributed by atoms with E-state index in [0.29, 0.717) is 0 Å². The minimum atomic E-state index is 0.758. The van der Waals surface area contributed by atoms with E-state index in [4.69, 9.17) is 5.73 Å². The van der Waals surface area contributed by atoms with E-state index in [-0.39, 0.29) is 0 Å². The summed E-state index contributed by atoms with van der Waals surface area (Å²) in [5, 5.41) is 0. The van der Waals surface area contributed by atoms with Gasteiger partial charge in [-0.15, -0.1) is 0 Å². The molecule has 2 rings (SSSR count). The molecule has 2 aromatic carbocycles. The van der Waals surface area contributed by atoms with Crippen molar-refractivity contribution >= 4 is 0 Å². The smallest absolute Gasteiger partial charge is 0.00773 e. The molecule has 30 heavy (non-hydrogen) atoms. The summed E-state index contributed by atoms with van der Waals surface area (Å²) in [6.45, 7) is 0.860. The fourth-order valence-electron chi connectivity index (χ4n) is 4.52. The summed E-state index contributed by atoms with van der Waals surface area (Å²) in [5.41, 5.74) is 8.52. The van der Waals surface area contributed by atoms with Gasteiger partial charge in [-0.2, -0.15) is 0 Å². The summed E-state index contributed by atoms with van der Waals surface area (Å²) < 4.78 is 0. The van der Waals surface area contributed by atoms with Crippen molar-refractivity contribution in [2.24, 2.45) is 11.7 Å². The standard InChI is InChI=1S/C29H45N/c30-24-18-10-8-6-4-2-1-3-5-7-9-13-23-29(25-27-19-14-11-15-20-27)26-28-21-16-12-17-22-28/h11-12,14-17,19-22,29H,1-10,13,18,23-26,30H2. The quantitative estimate of drug-likeness (QED) is 0.248. The first-order valence-corrected chi connectivity index (χ1v) is 12.7. The molecule has 0 spiro atoms. The van der Waals surface area contributed by atoms with Crippen LogP contribution in [0.4, 0.5) is 0 Å². The van der Waals surface area contributed by atoms with Crippen molar-refractivity contribution in [1.29, 1.82) is 0 Å². The van der Waals surface area contributed by atoms with Gasteiger partial charge in [-0.05, 0) is 49.3 Å². The van der Waals surface area contributed by atoms with E-state index in [2.05, 4.69) is 60.7 Å². The Morgan fingerprint density at radius 1 is 0.467 bits per heavy atom. The summed E-state index contributed by atoms with van der Waals surface area (Å²) >= 11 is 0. The first-order chi connectivity index (χ1) is 14.9. The van der Waals surface area contributed by atoms with Crippen molar-refractivity contribution in [2.45, 2.75) is 96.3 Å². The Kier molecular flexibility index (Phi) is 14.1. The largest absolute Gasteiger partial charge is 0.330 e. The van der Waals surface area contributed by atoms with Crippen molar-refractivity contribution in [2.75, 3.05) is 6.54 Å². The maximum absolute atomic E-state index is 5.54. The molecule has 0 aromatic heterocycles. The van der Waals surface area contributed by atoms with Crippen molar-refractivity contribution in [3.05, 3.63) is 71.8 Å². The van der Waals surface area contributed by atoms with Gasteiger partial charge in [0, 0.05) is 0 Å². The van der Waals surface area contributed by atoms with E-state index >= 15 is 0 Å². The predicted octanol–water partition coefficient (Wildman–Crippen LogP) is 8.12.